The average molecular weight is 486 g/mol. The molecule has 10 heteroatoms. The largest absolute Gasteiger partial charge is 0.306 e. The molecule has 0 radical (unpaired) electrons. The van der Waals surface area contributed by atoms with Crippen molar-refractivity contribution >= 4 is 34.5 Å². The fourth-order valence-electron chi connectivity index (χ4n) is 3.91. The lowest BCUT2D eigenvalue weighted by atomic mass is 10.1. The van der Waals surface area contributed by atoms with Crippen molar-refractivity contribution in [3.05, 3.63) is 87.5 Å². The highest BCUT2D eigenvalue weighted by atomic mass is 32.2. The molecule has 3 heterocycles. The molecule has 0 aliphatic heterocycles. The van der Waals surface area contributed by atoms with Gasteiger partial charge in [0.25, 0.3) is 11.5 Å². The minimum atomic E-state index is -0.347. The number of benzene rings is 2. The van der Waals surface area contributed by atoms with Crippen LogP contribution in [0.3, 0.4) is 0 Å². The van der Waals surface area contributed by atoms with Crippen LogP contribution in [0.25, 0.3) is 22.7 Å². The molecule has 0 fully saturated rings. The fraction of sp³-hybridized carbons (Fsp3) is 0.160. The molecule has 35 heavy (non-hydrogen) atoms. The number of aryl methyl sites for hydroxylation is 2. The van der Waals surface area contributed by atoms with Gasteiger partial charge < -0.3 is 5.32 Å². The number of H-pyrrole nitrogens is 1. The second-order valence-corrected chi connectivity index (χ2v) is 8.99. The van der Waals surface area contributed by atoms with Gasteiger partial charge in [0.15, 0.2) is 5.65 Å². The molecule has 0 atom stereocenters. The van der Waals surface area contributed by atoms with E-state index >= 15 is 0 Å². The molecule has 9 nitrogen and oxygen atoms in total. The van der Waals surface area contributed by atoms with E-state index in [-0.39, 0.29) is 17.4 Å². The quantitative estimate of drug-likeness (QED) is 0.361. The highest BCUT2D eigenvalue weighted by Gasteiger charge is 2.19. The minimum absolute atomic E-state index is 0.177. The second-order valence-electron chi connectivity index (χ2n) is 8.14. The van der Waals surface area contributed by atoms with E-state index in [1.807, 2.05) is 56.5 Å². The summed E-state index contributed by atoms with van der Waals surface area (Å²) in [4.78, 5) is 34.3. The molecule has 0 aliphatic rings. The van der Waals surface area contributed by atoms with Gasteiger partial charge in [-0.05, 0) is 56.4 Å². The molecule has 2 aromatic carbocycles. The van der Waals surface area contributed by atoms with E-state index in [4.69, 9.17) is 4.98 Å². The van der Waals surface area contributed by atoms with Gasteiger partial charge in [0, 0.05) is 11.0 Å². The third-order valence-corrected chi connectivity index (χ3v) is 6.65. The predicted octanol–water partition coefficient (Wildman–Crippen LogP) is 4.19. The van der Waals surface area contributed by atoms with Crippen molar-refractivity contribution in [3.63, 3.8) is 0 Å². The lowest BCUT2D eigenvalue weighted by molar-refractivity contribution is 0.102. The van der Waals surface area contributed by atoms with E-state index in [0.717, 1.165) is 21.7 Å². The fourth-order valence-corrected chi connectivity index (χ4v) is 4.51. The van der Waals surface area contributed by atoms with Crippen LogP contribution >= 0.6 is 11.8 Å². The summed E-state index contributed by atoms with van der Waals surface area (Å²) in [6, 6.07) is 15.0. The number of aromatic nitrogens is 6. The maximum Gasteiger partial charge on any atom is 0.263 e. The average Bonchev–Trinajstić information content (AvgIpc) is 3.44. The van der Waals surface area contributed by atoms with E-state index in [9.17, 15) is 9.59 Å². The number of nitrogens with zero attached hydrogens (tertiary/aromatic N) is 5. The SMILES string of the molecule is CSc1ccccc1C(=O)Nc1cc(C)nn1-c1nc2c(cnn2-c2cccc(C)c2C)c(=O)[nH]1. The highest BCUT2D eigenvalue weighted by Crippen LogP contribution is 2.23. The van der Waals surface area contributed by atoms with Crippen molar-refractivity contribution in [2.75, 3.05) is 11.6 Å². The van der Waals surface area contributed by atoms with Crippen molar-refractivity contribution in [1.29, 1.82) is 0 Å². The van der Waals surface area contributed by atoms with Gasteiger partial charge >= 0.3 is 0 Å². The Morgan fingerprint density at radius 3 is 2.66 bits per heavy atom. The smallest absolute Gasteiger partial charge is 0.263 e. The summed E-state index contributed by atoms with van der Waals surface area (Å²) in [7, 11) is 0. The van der Waals surface area contributed by atoms with E-state index in [1.165, 1.54) is 22.6 Å². The van der Waals surface area contributed by atoms with Gasteiger partial charge in [0.2, 0.25) is 5.95 Å². The first kappa shape index (κ1) is 22.6. The maximum atomic E-state index is 13.1. The molecular formula is C25H23N7O2S. The summed E-state index contributed by atoms with van der Waals surface area (Å²) in [6.45, 7) is 5.83. The van der Waals surface area contributed by atoms with Crippen LogP contribution in [-0.2, 0) is 0 Å². The number of fused-ring (bicyclic) bond motifs is 1. The molecule has 0 saturated heterocycles. The van der Waals surface area contributed by atoms with Crippen LogP contribution in [0.15, 0.2) is 64.4 Å². The molecule has 176 valence electrons. The number of hydrogen-bond acceptors (Lipinski definition) is 6. The van der Waals surface area contributed by atoms with Gasteiger partial charge in [-0.25, -0.2) is 4.68 Å². The third-order valence-electron chi connectivity index (χ3n) is 5.86. The molecule has 5 aromatic rings. The summed E-state index contributed by atoms with van der Waals surface area (Å²) in [5, 5.41) is 12.2. The summed E-state index contributed by atoms with van der Waals surface area (Å²) in [5.41, 5.74) is 4.24. The van der Waals surface area contributed by atoms with Crippen molar-refractivity contribution in [2.45, 2.75) is 25.7 Å². The summed E-state index contributed by atoms with van der Waals surface area (Å²) >= 11 is 1.49. The van der Waals surface area contributed by atoms with Crippen LogP contribution < -0.4 is 10.9 Å². The predicted molar refractivity (Wildman–Crippen MR) is 137 cm³/mol. The van der Waals surface area contributed by atoms with Crippen LogP contribution in [0.1, 0.15) is 27.2 Å². The molecule has 1 amide bonds. The van der Waals surface area contributed by atoms with Crippen LogP contribution in [0.4, 0.5) is 5.82 Å². The number of hydrogen-bond donors (Lipinski definition) is 2. The Bertz CT molecular complexity index is 1650. The van der Waals surface area contributed by atoms with E-state index in [0.29, 0.717) is 28.1 Å². The first-order valence-electron chi connectivity index (χ1n) is 10.9. The maximum absolute atomic E-state index is 13.1. The van der Waals surface area contributed by atoms with Crippen molar-refractivity contribution in [1.82, 2.24) is 29.5 Å². The first-order valence-corrected chi connectivity index (χ1v) is 12.2. The second kappa shape index (κ2) is 8.88. The minimum Gasteiger partial charge on any atom is -0.306 e. The number of rotatable bonds is 5. The molecular weight excluding hydrogens is 462 g/mol. The van der Waals surface area contributed by atoms with Crippen molar-refractivity contribution in [2.24, 2.45) is 0 Å². The van der Waals surface area contributed by atoms with Gasteiger partial charge in [0.05, 0.1) is 23.1 Å². The summed E-state index contributed by atoms with van der Waals surface area (Å²) < 4.78 is 3.08. The normalized spacial score (nSPS) is 11.2. The van der Waals surface area contributed by atoms with E-state index < -0.39 is 0 Å². The van der Waals surface area contributed by atoms with Crippen molar-refractivity contribution in [3.8, 4) is 11.6 Å². The Balaban J connectivity index is 1.61. The molecule has 2 N–H and O–H groups in total. The summed E-state index contributed by atoms with van der Waals surface area (Å²) in [5.74, 6) is 0.291. The summed E-state index contributed by atoms with van der Waals surface area (Å²) in [6.07, 6.45) is 3.42. The zero-order valence-corrected chi connectivity index (χ0v) is 20.5. The molecule has 5 rings (SSSR count). The van der Waals surface area contributed by atoms with Gasteiger partial charge in [0.1, 0.15) is 11.2 Å². The number of aromatic amines is 1. The van der Waals surface area contributed by atoms with E-state index in [2.05, 4.69) is 20.5 Å². The number of carbonyl (C=O) groups excluding carboxylic acids is 1. The van der Waals surface area contributed by atoms with Crippen LogP contribution in [-0.4, -0.2) is 41.7 Å². The molecule has 0 saturated carbocycles. The van der Waals surface area contributed by atoms with Crippen LogP contribution in [0.2, 0.25) is 0 Å². The Kier molecular flexibility index (Phi) is 5.73. The Hall–Kier alpha value is -4.18. The Morgan fingerprint density at radius 2 is 1.86 bits per heavy atom. The van der Waals surface area contributed by atoms with Gasteiger partial charge in [-0.2, -0.15) is 19.9 Å². The monoisotopic (exact) mass is 485 g/mol. The number of carbonyl (C=O) groups is 1. The van der Waals surface area contributed by atoms with Crippen LogP contribution in [0.5, 0.6) is 0 Å². The van der Waals surface area contributed by atoms with Gasteiger partial charge in [-0.1, -0.05) is 24.3 Å². The number of amides is 1. The standard InChI is InChI=1S/C25H23N7O2S/c1-14-8-7-10-19(16(14)3)31-22-18(13-26-31)24(34)29-25(28-22)32-21(12-15(2)30-32)27-23(33)17-9-5-6-11-20(17)35-4/h5-13H,1-4H3,(H,27,33)(H,28,29,34). The molecule has 0 aliphatic carbocycles. The molecule has 0 unspecified atom stereocenters. The third kappa shape index (κ3) is 4.01. The lowest BCUT2D eigenvalue weighted by Crippen LogP contribution is -2.19. The topological polar surface area (TPSA) is 110 Å². The molecule has 0 spiro atoms. The van der Waals surface area contributed by atoms with Gasteiger partial charge in [-0.15, -0.1) is 11.8 Å². The zero-order valence-electron chi connectivity index (χ0n) is 19.7. The Labute approximate surface area is 205 Å². The van der Waals surface area contributed by atoms with Gasteiger partial charge in [-0.3, -0.25) is 14.6 Å². The Morgan fingerprint density at radius 1 is 1.06 bits per heavy atom. The molecule has 0 bridgehead atoms. The van der Waals surface area contributed by atoms with Crippen LogP contribution in [0, 0.1) is 20.8 Å². The van der Waals surface area contributed by atoms with E-state index in [1.54, 1.807) is 23.7 Å². The highest BCUT2D eigenvalue weighted by molar-refractivity contribution is 7.98. The number of anilines is 1. The number of thioether (sulfide) groups is 1. The lowest BCUT2D eigenvalue weighted by Gasteiger charge is -2.11. The van der Waals surface area contributed by atoms with Crippen molar-refractivity contribution < 1.29 is 4.79 Å². The zero-order chi connectivity index (χ0) is 24.7. The molecule has 3 aromatic heterocycles. The number of nitrogens with one attached hydrogen (secondary N) is 2. The first-order chi connectivity index (χ1) is 16.9.